The number of hydrogen-bond donors (Lipinski definition) is 1. The number of aromatic amines is 1. The summed E-state index contributed by atoms with van der Waals surface area (Å²) in [5.74, 6) is -0.0889. The number of hydrogen-bond acceptors (Lipinski definition) is 4. The number of carbonyl (C=O) groups excluding carboxylic acids is 2. The third kappa shape index (κ3) is 3.13. The zero-order chi connectivity index (χ0) is 18.7. The van der Waals surface area contributed by atoms with Gasteiger partial charge in [-0.2, -0.15) is 0 Å². The first-order chi connectivity index (χ1) is 12.6. The van der Waals surface area contributed by atoms with Crippen molar-refractivity contribution >= 4 is 22.6 Å². The molecule has 0 aliphatic carbocycles. The highest BCUT2D eigenvalue weighted by Gasteiger charge is 2.25. The van der Waals surface area contributed by atoms with Gasteiger partial charge in [0.1, 0.15) is 0 Å². The Bertz CT molecular complexity index is 947. The van der Waals surface area contributed by atoms with E-state index in [1.807, 2.05) is 30.3 Å². The summed E-state index contributed by atoms with van der Waals surface area (Å²) in [7, 11) is 4.69. The van der Waals surface area contributed by atoms with Crippen LogP contribution in [0.15, 0.2) is 48.7 Å². The van der Waals surface area contributed by atoms with Gasteiger partial charge in [0.05, 0.1) is 25.3 Å². The summed E-state index contributed by atoms with van der Waals surface area (Å²) < 4.78 is 10.6. The van der Waals surface area contributed by atoms with Crippen molar-refractivity contribution in [3.63, 3.8) is 0 Å². The highest BCUT2D eigenvalue weighted by Crippen LogP contribution is 2.36. The second-order valence-corrected chi connectivity index (χ2v) is 5.90. The van der Waals surface area contributed by atoms with E-state index in [0.717, 1.165) is 5.56 Å². The third-order valence-corrected chi connectivity index (χ3v) is 4.24. The molecule has 2 aromatic carbocycles. The summed E-state index contributed by atoms with van der Waals surface area (Å²) >= 11 is 0. The number of H-pyrrole nitrogens is 1. The van der Waals surface area contributed by atoms with E-state index in [0.29, 0.717) is 34.5 Å². The third-order valence-electron chi connectivity index (χ3n) is 4.24. The van der Waals surface area contributed by atoms with Gasteiger partial charge in [0.15, 0.2) is 11.5 Å². The maximum atomic E-state index is 12.7. The van der Waals surface area contributed by atoms with Crippen molar-refractivity contribution in [2.75, 3.05) is 21.3 Å². The number of fused-ring (bicyclic) bond motifs is 1. The van der Waals surface area contributed by atoms with E-state index in [4.69, 9.17) is 9.47 Å². The molecule has 0 aliphatic heterocycles. The molecule has 1 amide bonds. The van der Waals surface area contributed by atoms with Gasteiger partial charge < -0.3 is 19.4 Å². The van der Waals surface area contributed by atoms with Crippen LogP contribution in [0.5, 0.6) is 11.5 Å². The van der Waals surface area contributed by atoms with Gasteiger partial charge in [0.2, 0.25) is 0 Å². The topological polar surface area (TPSA) is 71.6 Å². The summed E-state index contributed by atoms with van der Waals surface area (Å²) in [5, 5.41) is 0.620. The van der Waals surface area contributed by atoms with E-state index >= 15 is 0 Å². The molecule has 6 nitrogen and oxygen atoms in total. The lowest BCUT2D eigenvalue weighted by atomic mass is 10.1. The minimum absolute atomic E-state index is 0.311. The Hall–Kier alpha value is -3.28. The van der Waals surface area contributed by atoms with Gasteiger partial charge >= 0.3 is 0 Å². The van der Waals surface area contributed by atoms with Crippen molar-refractivity contribution < 1.29 is 19.1 Å². The van der Waals surface area contributed by atoms with Crippen LogP contribution in [0.4, 0.5) is 0 Å². The fourth-order valence-corrected chi connectivity index (χ4v) is 2.92. The molecular weight excluding hydrogens is 332 g/mol. The van der Waals surface area contributed by atoms with Gasteiger partial charge in [0.25, 0.3) is 11.7 Å². The molecule has 1 heterocycles. The number of nitrogens with zero attached hydrogens (tertiary/aromatic N) is 1. The number of benzene rings is 2. The zero-order valence-corrected chi connectivity index (χ0v) is 14.9. The number of amides is 1. The molecule has 3 aromatic rings. The Morgan fingerprint density at radius 1 is 1.04 bits per heavy atom. The molecule has 0 fully saturated rings. The number of methoxy groups -OCH3 is 2. The molecule has 0 radical (unpaired) electrons. The summed E-state index contributed by atoms with van der Waals surface area (Å²) in [4.78, 5) is 29.7. The maximum Gasteiger partial charge on any atom is 0.295 e. The SMILES string of the molecule is COc1ccc2c(C(=O)C(=O)N(C)Cc3ccccc3)c[nH]c2c1OC. The van der Waals surface area contributed by atoms with Gasteiger partial charge in [-0.3, -0.25) is 9.59 Å². The highest BCUT2D eigenvalue weighted by molar-refractivity contribution is 6.44. The molecular formula is C20H20N2O4. The quantitative estimate of drug-likeness (QED) is 0.547. The fraction of sp³-hybridized carbons (Fsp3) is 0.200. The molecule has 0 atom stereocenters. The average Bonchev–Trinajstić information content (AvgIpc) is 3.10. The summed E-state index contributed by atoms with van der Waals surface area (Å²) in [5.41, 5.74) is 1.89. The second kappa shape index (κ2) is 7.31. The van der Waals surface area contributed by atoms with E-state index in [1.165, 1.54) is 18.2 Å². The molecule has 1 N–H and O–H groups in total. The second-order valence-electron chi connectivity index (χ2n) is 5.90. The predicted molar refractivity (Wildman–Crippen MR) is 98.6 cm³/mol. The van der Waals surface area contributed by atoms with Crippen LogP contribution in [-0.2, 0) is 11.3 Å². The lowest BCUT2D eigenvalue weighted by Crippen LogP contribution is -2.32. The van der Waals surface area contributed by atoms with Gasteiger partial charge in [-0.15, -0.1) is 0 Å². The van der Waals surface area contributed by atoms with Crippen LogP contribution in [0.1, 0.15) is 15.9 Å². The first-order valence-electron chi connectivity index (χ1n) is 8.12. The molecule has 6 heteroatoms. The number of carbonyl (C=O) groups is 2. The largest absolute Gasteiger partial charge is 0.493 e. The number of Topliss-reactive ketones (excluding diaryl/α,β-unsaturated/α-hetero) is 1. The van der Waals surface area contributed by atoms with Gasteiger partial charge in [0, 0.05) is 25.2 Å². The smallest absolute Gasteiger partial charge is 0.295 e. The van der Waals surface area contributed by atoms with Crippen LogP contribution in [0.3, 0.4) is 0 Å². The normalized spacial score (nSPS) is 10.6. The number of aromatic nitrogens is 1. The molecule has 1 aromatic heterocycles. The molecule has 0 saturated carbocycles. The number of ether oxygens (including phenoxy) is 2. The minimum atomic E-state index is -0.568. The molecule has 0 unspecified atom stereocenters. The van der Waals surface area contributed by atoms with Crippen molar-refractivity contribution in [3.05, 3.63) is 59.8 Å². The summed E-state index contributed by atoms with van der Waals surface area (Å²) in [6, 6.07) is 13.0. The molecule has 0 saturated heterocycles. The maximum absolute atomic E-state index is 12.7. The number of rotatable bonds is 6. The molecule has 0 bridgehead atoms. The first-order valence-corrected chi connectivity index (χ1v) is 8.12. The van der Waals surface area contributed by atoms with Crippen molar-refractivity contribution in [3.8, 4) is 11.5 Å². The predicted octanol–water partition coefficient (Wildman–Crippen LogP) is 3.03. The Morgan fingerprint density at radius 3 is 2.42 bits per heavy atom. The standard InChI is InChI=1S/C20H20N2O4/c1-22(12-13-7-5-4-6-8-13)20(24)18(23)15-11-21-17-14(15)9-10-16(25-2)19(17)26-3/h4-11,21H,12H2,1-3H3. The van der Waals surface area contributed by atoms with E-state index in [-0.39, 0.29) is 0 Å². The molecule has 134 valence electrons. The van der Waals surface area contributed by atoms with E-state index in [2.05, 4.69) is 4.98 Å². The van der Waals surface area contributed by atoms with E-state index < -0.39 is 11.7 Å². The van der Waals surface area contributed by atoms with E-state index in [1.54, 1.807) is 26.3 Å². The Balaban J connectivity index is 1.88. The fourth-order valence-electron chi connectivity index (χ4n) is 2.92. The van der Waals surface area contributed by atoms with Gasteiger partial charge in [-0.1, -0.05) is 30.3 Å². The van der Waals surface area contributed by atoms with Crippen molar-refractivity contribution in [2.24, 2.45) is 0 Å². The van der Waals surface area contributed by atoms with Gasteiger partial charge in [-0.25, -0.2) is 0 Å². The molecule has 26 heavy (non-hydrogen) atoms. The lowest BCUT2D eigenvalue weighted by molar-refractivity contribution is -0.125. The monoisotopic (exact) mass is 352 g/mol. The van der Waals surface area contributed by atoms with Crippen LogP contribution in [0, 0.1) is 0 Å². The molecule has 0 spiro atoms. The minimum Gasteiger partial charge on any atom is -0.493 e. The average molecular weight is 352 g/mol. The van der Waals surface area contributed by atoms with Crippen LogP contribution >= 0.6 is 0 Å². The van der Waals surface area contributed by atoms with Crippen LogP contribution < -0.4 is 9.47 Å². The van der Waals surface area contributed by atoms with Crippen LogP contribution in [0.2, 0.25) is 0 Å². The number of ketones is 1. The van der Waals surface area contributed by atoms with Crippen LogP contribution in [-0.4, -0.2) is 42.8 Å². The number of likely N-dealkylation sites (N-methyl/N-ethyl adjacent to an activating group) is 1. The first kappa shape index (κ1) is 17.5. The summed E-state index contributed by atoms with van der Waals surface area (Å²) in [6.45, 7) is 0.366. The number of nitrogens with one attached hydrogen (secondary N) is 1. The van der Waals surface area contributed by atoms with Gasteiger partial charge in [-0.05, 0) is 17.7 Å². The van der Waals surface area contributed by atoms with Crippen molar-refractivity contribution in [2.45, 2.75) is 6.54 Å². The summed E-state index contributed by atoms with van der Waals surface area (Å²) in [6.07, 6.45) is 1.53. The van der Waals surface area contributed by atoms with Crippen molar-refractivity contribution in [1.82, 2.24) is 9.88 Å². The van der Waals surface area contributed by atoms with Crippen molar-refractivity contribution in [1.29, 1.82) is 0 Å². The van der Waals surface area contributed by atoms with E-state index in [9.17, 15) is 9.59 Å². The molecule has 3 rings (SSSR count). The Labute approximate surface area is 151 Å². The zero-order valence-electron chi connectivity index (χ0n) is 14.9. The Morgan fingerprint density at radius 2 is 1.77 bits per heavy atom. The molecule has 0 aliphatic rings. The van der Waals surface area contributed by atoms with Crippen LogP contribution in [0.25, 0.3) is 10.9 Å². The Kier molecular flexibility index (Phi) is 4.93. The highest BCUT2D eigenvalue weighted by atomic mass is 16.5. The lowest BCUT2D eigenvalue weighted by Gasteiger charge is -2.16.